The molecule has 1 aliphatic heterocycles. The Labute approximate surface area is 124 Å². The van der Waals surface area contributed by atoms with Gasteiger partial charge in [0.2, 0.25) is 10.0 Å². The molecular weight excluding hydrogens is 296 g/mol. The number of sulfonamides is 1. The summed E-state index contributed by atoms with van der Waals surface area (Å²) in [5.41, 5.74) is 6.13. The third-order valence-corrected chi connectivity index (χ3v) is 6.36. The average molecular weight is 316 g/mol. The molecule has 1 aliphatic rings. The molecule has 0 atom stereocenters. The van der Waals surface area contributed by atoms with Crippen LogP contribution in [-0.2, 0) is 10.0 Å². The summed E-state index contributed by atoms with van der Waals surface area (Å²) in [4.78, 5) is 0.141. The molecule has 5 nitrogen and oxygen atoms in total. The van der Waals surface area contributed by atoms with Gasteiger partial charge in [0.15, 0.2) is 0 Å². The van der Waals surface area contributed by atoms with Gasteiger partial charge in [0.1, 0.15) is 10.6 Å². The predicted molar refractivity (Wildman–Crippen MR) is 82.7 cm³/mol. The molecule has 1 aromatic carbocycles. The van der Waals surface area contributed by atoms with Crippen LogP contribution in [0.2, 0.25) is 0 Å². The first-order valence-corrected chi connectivity index (χ1v) is 8.76. The summed E-state index contributed by atoms with van der Waals surface area (Å²) in [6, 6.07) is 4.68. The minimum absolute atomic E-state index is 0.0844. The third kappa shape index (κ3) is 3.05. The van der Waals surface area contributed by atoms with E-state index < -0.39 is 10.0 Å². The monoisotopic (exact) mass is 316 g/mol. The van der Waals surface area contributed by atoms with Crippen LogP contribution in [0.15, 0.2) is 23.1 Å². The van der Waals surface area contributed by atoms with Crippen LogP contribution in [0.1, 0.15) is 13.8 Å². The SMILES string of the molecule is COc1ccc(N)cc1S(=O)(=O)N1CCSC(C)(C)C1. The summed E-state index contributed by atoms with van der Waals surface area (Å²) in [6.07, 6.45) is 0. The maximum atomic E-state index is 12.8. The van der Waals surface area contributed by atoms with Crippen molar-refractivity contribution in [3.63, 3.8) is 0 Å². The van der Waals surface area contributed by atoms with Crippen LogP contribution >= 0.6 is 11.8 Å². The van der Waals surface area contributed by atoms with Crippen molar-refractivity contribution in [2.24, 2.45) is 0 Å². The quantitative estimate of drug-likeness (QED) is 0.861. The van der Waals surface area contributed by atoms with Gasteiger partial charge in [-0.25, -0.2) is 8.42 Å². The van der Waals surface area contributed by atoms with Gasteiger partial charge in [-0.1, -0.05) is 0 Å². The first kappa shape index (κ1) is 15.5. The van der Waals surface area contributed by atoms with Crippen molar-refractivity contribution in [1.29, 1.82) is 0 Å². The molecule has 1 fully saturated rings. The van der Waals surface area contributed by atoms with E-state index >= 15 is 0 Å². The zero-order chi connectivity index (χ0) is 15.0. The second-order valence-electron chi connectivity index (χ2n) is 5.36. The number of thioether (sulfide) groups is 1. The summed E-state index contributed by atoms with van der Waals surface area (Å²) in [7, 11) is -2.12. The van der Waals surface area contributed by atoms with E-state index in [0.717, 1.165) is 5.75 Å². The Morgan fingerprint density at radius 1 is 1.40 bits per heavy atom. The minimum Gasteiger partial charge on any atom is -0.495 e. The molecule has 0 radical (unpaired) electrons. The predicted octanol–water partition coefficient (Wildman–Crippen LogP) is 1.79. The highest BCUT2D eigenvalue weighted by Crippen LogP contribution is 2.35. The van der Waals surface area contributed by atoms with Gasteiger partial charge in [0.05, 0.1) is 7.11 Å². The Morgan fingerprint density at radius 3 is 2.70 bits per heavy atom. The summed E-state index contributed by atoms with van der Waals surface area (Å²) >= 11 is 1.79. The van der Waals surface area contributed by atoms with Crippen LogP contribution in [0.5, 0.6) is 5.75 Å². The molecule has 2 N–H and O–H groups in total. The molecule has 0 aromatic heterocycles. The van der Waals surface area contributed by atoms with Crippen molar-refractivity contribution in [3.8, 4) is 5.75 Å². The van der Waals surface area contributed by atoms with Crippen molar-refractivity contribution >= 4 is 27.5 Å². The fourth-order valence-corrected chi connectivity index (χ4v) is 5.31. The van der Waals surface area contributed by atoms with Crippen molar-refractivity contribution in [1.82, 2.24) is 4.31 Å². The van der Waals surface area contributed by atoms with E-state index in [1.165, 1.54) is 17.5 Å². The molecule has 0 unspecified atom stereocenters. The molecule has 0 saturated carbocycles. The van der Waals surface area contributed by atoms with Crippen molar-refractivity contribution < 1.29 is 13.2 Å². The molecule has 2 rings (SSSR count). The van der Waals surface area contributed by atoms with E-state index in [1.807, 2.05) is 0 Å². The highest BCUT2D eigenvalue weighted by molar-refractivity contribution is 8.00. The topological polar surface area (TPSA) is 72.6 Å². The lowest BCUT2D eigenvalue weighted by Crippen LogP contribution is -2.46. The van der Waals surface area contributed by atoms with Crippen molar-refractivity contribution in [2.45, 2.75) is 23.5 Å². The smallest absolute Gasteiger partial charge is 0.246 e. The first-order chi connectivity index (χ1) is 9.26. The molecule has 0 aliphatic carbocycles. The second-order valence-corrected chi connectivity index (χ2v) is 9.07. The molecule has 7 heteroatoms. The maximum Gasteiger partial charge on any atom is 0.246 e. The highest BCUT2D eigenvalue weighted by atomic mass is 32.2. The Bertz CT molecular complexity index is 600. The van der Waals surface area contributed by atoms with E-state index in [1.54, 1.807) is 23.9 Å². The maximum absolute atomic E-state index is 12.8. The zero-order valence-electron chi connectivity index (χ0n) is 11.9. The van der Waals surface area contributed by atoms with Crippen LogP contribution in [0.4, 0.5) is 5.69 Å². The molecule has 1 heterocycles. The van der Waals surface area contributed by atoms with E-state index in [2.05, 4.69) is 13.8 Å². The molecular formula is C13H20N2O3S2. The number of nitrogen functional groups attached to an aromatic ring is 1. The molecule has 112 valence electrons. The number of anilines is 1. The molecule has 0 bridgehead atoms. The van der Waals surface area contributed by atoms with Crippen LogP contribution in [0.3, 0.4) is 0 Å². The summed E-state index contributed by atoms with van der Waals surface area (Å²) in [5, 5.41) is 0. The average Bonchev–Trinajstić information content (AvgIpc) is 2.37. The lowest BCUT2D eigenvalue weighted by Gasteiger charge is -2.36. The van der Waals surface area contributed by atoms with E-state index in [0.29, 0.717) is 24.5 Å². The molecule has 1 aromatic rings. The van der Waals surface area contributed by atoms with Gasteiger partial charge in [-0.15, -0.1) is 0 Å². The van der Waals surface area contributed by atoms with Crippen LogP contribution in [-0.4, -0.2) is 43.4 Å². The van der Waals surface area contributed by atoms with E-state index in [9.17, 15) is 8.42 Å². The lowest BCUT2D eigenvalue weighted by molar-refractivity contribution is 0.376. The largest absolute Gasteiger partial charge is 0.495 e. The van der Waals surface area contributed by atoms with Gasteiger partial charge in [-0.3, -0.25) is 0 Å². The summed E-state index contributed by atoms with van der Waals surface area (Å²) < 4.78 is 32.2. The standard InChI is InChI=1S/C13H20N2O3S2/c1-13(2)9-15(6-7-19-13)20(16,17)12-8-10(14)4-5-11(12)18-3/h4-5,8H,6-7,9,14H2,1-3H3. The normalized spacial score (nSPS) is 19.8. The Balaban J connectivity index is 2.42. The minimum atomic E-state index is -3.58. The van der Waals surface area contributed by atoms with Gasteiger partial charge in [-0.05, 0) is 32.0 Å². The van der Waals surface area contributed by atoms with Gasteiger partial charge in [0, 0.05) is 29.3 Å². The van der Waals surface area contributed by atoms with Gasteiger partial charge in [0.25, 0.3) is 0 Å². The highest BCUT2D eigenvalue weighted by Gasteiger charge is 2.36. The van der Waals surface area contributed by atoms with Gasteiger partial charge >= 0.3 is 0 Å². The number of hydrogen-bond acceptors (Lipinski definition) is 5. The molecule has 20 heavy (non-hydrogen) atoms. The van der Waals surface area contributed by atoms with Crippen LogP contribution in [0, 0.1) is 0 Å². The Morgan fingerprint density at radius 2 is 2.10 bits per heavy atom. The Hall–Kier alpha value is -0.920. The number of rotatable bonds is 3. The number of methoxy groups -OCH3 is 1. The first-order valence-electron chi connectivity index (χ1n) is 6.34. The molecule has 0 amide bonds. The summed E-state index contributed by atoms with van der Waals surface area (Å²) in [5.74, 6) is 1.12. The number of ether oxygens (including phenoxy) is 1. The van der Waals surface area contributed by atoms with Gasteiger partial charge in [-0.2, -0.15) is 16.1 Å². The third-order valence-electron chi connectivity index (χ3n) is 3.20. The number of hydrogen-bond donors (Lipinski definition) is 1. The number of nitrogens with zero attached hydrogens (tertiary/aromatic N) is 1. The fraction of sp³-hybridized carbons (Fsp3) is 0.538. The fourth-order valence-electron chi connectivity index (χ4n) is 2.21. The van der Waals surface area contributed by atoms with Crippen LogP contribution in [0.25, 0.3) is 0 Å². The second kappa shape index (κ2) is 5.46. The molecule has 1 saturated heterocycles. The van der Waals surface area contributed by atoms with E-state index in [4.69, 9.17) is 10.5 Å². The van der Waals surface area contributed by atoms with Gasteiger partial charge < -0.3 is 10.5 Å². The zero-order valence-corrected chi connectivity index (χ0v) is 13.6. The Kier molecular flexibility index (Phi) is 4.22. The van der Waals surface area contributed by atoms with Crippen LogP contribution < -0.4 is 10.5 Å². The lowest BCUT2D eigenvalue weighted by atomic mass is 10.2. The number of nitrogens with two attached hydrogens (primary N) is 1. The van der Waals surface area contributed by atoms with Crippen molar-refractivity contribution in [3.05, 3.63) is 18.2 Å². The summed E-state index contributed by atoms with van der Waals surface area (Å²) in [6.45, 7) is 5.10. The number of benzene rings is 1. The molecule has 0 spiro atoms. The van der Waals surface area contributed by atoms with Crippen molar-refractivity contribution in [2.75, 3.05) is 31.7 Å². The van der Waals surface area contributed by atoms with E-state index in [-0.39, 0.29) is 9.64 Å².